The van der Waals surface area contributed by atoms with Crippen LogP contribution in [0.4, 0.5) is 5.82 Å². The summed E-state index contributed by atoms with van der Waals surface area (Å²) in [6.45, 7) is 2.88. The van der Waals surface area contributed by atoms with Gasteiger partial charge in [0, 0.05) is 19.8 Å². The molecule has 0 aliphatic rings. The van der Waals surface area contributed by atoms with E-state index in [-0.39, 0.29) is 0 Å². The first-order valence-corrected chi connectivity index (χ1v) is 4.89. The molecule has 0 fully saturated rings. The molecule has 0 spiro atoms. The van der Waals surface area contributed by atoms with Gasteiger partial charge in [0.2, 0.25) is 0 Å². The van der Waals surface area contributed by atoms with Crippen LogP contribution in [0.1, 0.15) is 6.92 Å². The van der Waals surface area contributed by atoms with Gasteiger partial charge in [-0.2, -0.15) is 5.10 Å². The molecular formula is C10H13N5. The number of aryl methyl sites for hydroxylation is 1. The third-order valence-corrected chi connectivity index (χ3v) is 2.20. The van der Waals surface area contributed by atoms with Crippen molar-refractivity contribution >= 4 is 5.82 Å². The summed E-state index contributed by atoms with van der Waals surface area (Å²) in [5.74, 6) is 0.765. The van der Waals surface area contributed by atoms with E-state index in [9.17, 15) is 0 Å². The highest BCUT2D eigenvalue weighted by atomic mass is 15.3. The molecule has 5 heteroatoms. The Morgan fingerprint density at radius 2 is 2.13 bits per heavy atom. The van der Waals surface area contributed by atoms with Crippen molar-refractivity contribution in [3.8, 4) is 11.4 Å². The third-order valence-electron chi connectivity index (χ3n) is 2.20. The lowest BCUT2D eigenvalue weighted by Gasteiger charge is -2.03. The Bertz CT molecular complexity index is 431. The summed E-state index contributed by atoms with van der Waals surface area (Å²) >= 11 is 0. The zero-order valence-electron chi connectivity index (χ0n) is 8.81. The molecule has 0 bridgehead atoms. The Labute approximate surface area is 88.1 Å². The van der Waals surface area contributed by atoms with E-state index in [4.69, 9.17) is 0 Å². The summed E-state index contributed by atoms with van der Waals surface area (Å²) in [4.78, 5) is 0. The van der Waals surface area contributed by atoms with Gasteiger partial charge in [0.05, 0.1) is 5.69 Å². The SMILES string of the molecule is CCn1nccc1-c1ccc(NC)nn1. The molecule has 0 unspecified atom stereocenters. The Kier molecular flexibility index (Phi) is 2.62. The lowest BCUT2D eigenvalue weighted by atomic mass is 10.3. The smallest absolute Gasteiger partial charge is 0.148 e. The van der Waals surface area contributed by atoms with Crippen LogP contribution in [-0.2, 0) is 6.54 Å². The fraction of sp³-hybridized carbons (Fsp3) is 0.300. The van der Waals surface area contributed by atoms with E-state index in [1.165, 1.54) is 0 Å². The first-order chi connectivity index (χ1) is 7.35. The molecule has 0 amide bonds. The summed E-state index contributed by atoms with van der Waals surface area (Å²) < 4.78 is 1.89. The second-order valence-corrected chi connectivity index (χ2v) is 3.09. The summed E-state index contributed by atoms with van der Waals surface area (Å²) in [5, 5.41) is 15.3. The first-order valence-electron chi connectivity index (χ1n) is 4.89. The van der Waals surface area contributed by atoms with Crippen LogP contribution in [0.5, 0.6) is 0 Å². The minimum Gasteiger partial charge on any atom is -0.372 e. The van der Waals surface area contributed by atoms with Gasteiger partial charge in [-0.3, -0.25) is 4.68 Å². The van der Waals surface area contributed by atoms with Crippen molar-refractivity contribution in [3.05, 3.63) is 24.4 Å². The van der Waals surface area contributed by atoms with Crippen LogP contribution in [0.15, 0.2) is 24.4 Å². The molecule has 0 atom stereocenters. The summed E-state index contributed by atoms with van der Waals surface area (Å²) in [6.07, 6.45) is 1.77. The van der Waals surface area contributed by atoms with Gasteiger partial charge in [-0.25, -0.2) is 0 Å². The Morgan fingerprint density at radius 3 is 2.73 bits per heavy atom. The van der Waals surface area contributed by atoms with Gasteiger partial charge in [-0.1, -0.05) is 0 Å². The molecule has 0 saturated heterocycles. The zero-order valence-corrected chi connectivity index (χ0v) is 8.81. The third kappa shape index (κ3) is 1.81. The maximum Gasteiger partial charge on any atom is 0.148 e. The predicted octanol–water partition coefficient (Wildman–Crippen LogP) is 1.40. The molecule has 2 rings (SSSR count). The Hall–Kier alpha value is -1.91. The minimum absolute atomic E-state index is 0.765. The van der Waals surface area contributed by atoms with Crippen molar-refractivity contribution in [2.45, 2.75) is 13.5 Å². The van der Waals surface area contributed by atoms with Crippen molar-refractivity contribution in [1.29, 1.82) is 0 Å². The maximum absolute atomic E-state index is 4.19. The van der Waals surface area contributed by atoms with Gasteiger partial charge in [0.1, 0.15) is 11.5 Å². The van der Waals surface area contributed by atoms with Crippen molar-refractivity contribution < 1.29 is 0 Å². The van der Waals surface area contributed by atoms with Crippen LogP contribution in [0.3, 0.4) is 0 Å². The van der Waals surface area contributed by atoms with Crippen LogP contribution in [0.2, 0.25) is 0 Å². The van der Waals surface area contributed by atoms with Crippen molar-refractivity contribution in [3.63, 3.8) is 0 Å². The highest BCUT2D eigenvalue weighted by Crippen LogP contribution is 2.16. The lowest BCUT2D eigenvalue weighted by Crippen LogP contribution is -2.01. The van der Waals surface area contributed by atoms with Gasteiger partial charge >= 0.3 is 0 Å². The molecule has 5 nitrogen and oxygen atoms in total. The topological polar surface area (TPSA) is 55.6 Å². The molecule has 0 radical (unpaired) electrons. The number of nitrogens with one attached hydrogen (secondary N) is 1. The average molecular weight is 203 g/mol. The van der Waals surface area contributed by atoms with E-state index in [1.807, 2.05) is 36.9 Å². The van der Waals surface area contributed by atoms with Gasteiger partial charge in [0.25, 0.3) is 0 Å². The number of rotatable bonds is 3. The zero-order chi connectivity index (χ0) is 10.7. The number of aromatic nitrogens is 4. The van der Waals surface area contributed by atoms with Crippen LogP contribution in [-0.4, -0.2) is 27.0 Å². The van der Waals surface area contributed by atoms with Gasteiger partial charge in [-0.05, 0) is 25.1 Å². The molecule has 0 aliphatic carbocycles. The largest absolute Gasteiger partial charge is 0.372 e. The van der Waals surface area contributed by atoms with Crippen molar-refractivity contribution in [2.75, 3.05) is 12.4 Å². The maximum atomic E-state index is 4.19. The van der Waals surface area contributed by atoms with Gasteiger partial charge in [0.15, 0.2) is 0 Å². The Morgan fingerprint density at radius 1 is 1.27 bits per heavy atom. The molecule has 2 aromatic heterocycles. The van der Waals surface area contributed by atoms with Gasteiger partial charge in [-0.15, -0.1) is 10.2 Å². The van der Waals surface area contributed by atoms with E-state index in [2.05, 4.69) is 20.6 Å². The fourth-order valence-electron chi connectivity index (χ4n) is 1.40. The highest BCUT2D eigenvalue weighted by molar-refractivity contribution is 5.54. The summed E-state index contributed by atoms with van der Waals surface area (Å²) in [6, 6.07) is 5.77. The van der Waals surface area contributed by atoms with E-state index in [0.29, 0.717) is 0 Å². The summed E-state index contributed by atoms with van der Waals surface area (Å²) in [7, 11) is 1.82. The molecule has 0 aromatic carbocycles. The Balaban J connectivity index is 2.37. The van der Waals surface area contributed by atoms with E-state index < -0.39 is 0 Å². The predicted molar refractivity (Wildman–Crippen MR) is 58.5 cm³/mol. The monoisotopic (exact) mass is 203 g/mol. The molecular weight excluding hydrogens is 190 g/mol. The normalized spacial score (nSPS) is 10.3. The van der Waals surface area contributed by atoms with E-state index in [1.54, 1.807) is 6.20 Å². The van der Waals surface area contributed by atoms with Crippen LogP contribution in [0, 0.1) is 0 Å². The average Bonchev–Trinajstić information content (AvgIpc) is 2.77. The fourth-order valence-corrected chi connectivity index (χ4v) is 1.40. The van der Waals surface area contributed by atoms with Crippen LogP contribution in [0.25, 0.3) is 11.4 Å². The molecule has 78 valence electrons. The number of nitrogens with zero attached hydrogens (tertiary/aromatic N) is 4. The van der Waals surface area contributed by atoms with E-state index in [0.717, 1.165) is 23.8 Å². The molecule has 2 aromatic rings. The van der Waals surface area contributed by atoms with E-state index >= 15 is 0 Å². The van der Waals surface area contributed by atoms with Crippen molar-refractivity contribution in [2.24, 2.45) is 0 Å². The second-order valence-electron chi connectivity index (χ2n) is 3.09. The molecule has 1 N–H and O–H groups in total. The first kappa shape index (κ1) is 9.64. The number of anilines is 1. The highest BCUT2D eigenvalue weighted by Gasteiger charge is 2.05. The molecule has 0 aliphatic heterocycles. The summed E-state index contributed by atoms with van der Waals surface area (Å²) in [5.41, 5.74) is 1.83. The van der Waals surface area contributed by atoms with Crippen LogP contribution < -0.4 is 5.32 Å². The van der Waals surface area contributed by atoms with Crippen LogP contribution >= 0.6 is 0 Å². The quantitative estimate of drug-likeness (QED) is 0.819. The number of hydrogen-bond acceptors (Lipinski definition) is 4. The molecule has 15 heavy (non-hydrogen) atoms. The second kappa shape index (κ2) is 4.08. The molecule has 2 heterocycles. The van der Waals surface area contributed by atoms with Crippen molar-refractivity contribution in [1.82, 2.24) is 20.0 Å². The standard InChI is InChI=1S/C10H13N5/c1-3-15-9(6-7-12-15)8-4-5-10(11-2)14-13-8/h4-7H,3H2,1-2H3,(H,11,14). The number of hydrogen-bond donors (Lipinski definition) is 1. The van der Waals surface area contributed by atoms with Gasteiger partial charge < -0.3 is 5.32 Å². The minimum atomic E-state index is 0.765. The lowest BCUT2D eigenvalue weighted by molar-refractivity contribution is 0.664. The molecule has 0 saturated carbocycles.